The molecule has 0 unspecified atom stereocenters. The van der Waals surface area contributed by atoms with Gasteiger partial charge >= 0.3 is 0 Å². The highest BCUT2D eigenvalue weighted by Crippen LogP contribution is 2.27. The van der Waals surface area contributed by atoms with Gasteiger partial charge in [-0.25, -0.2) is 19.3 Å². The van der Waals surface area contributed by atoms with Crippen molar-refractivity contribution in [1.82, 2.24) is 19.4 Å². The molecule has 4 aromatic rings. The highest BCUT2D eigenvalue weighted by molar-refractivity contribution is 5.68. The van der Waals surface area contributed by atoms with Gasteiger partial charge in [-0.1, -0.05) is 24.3 Å². The summed E-state index contributed by atoms with van der Waals surface area (Å²) in [5, 5.41) is 3.34. The van der Waals surface area contributed by atoms with Gasteiger partial charge in [0.15, 0.2) is 5.82 Å². The maximum Gasteiger partial charge on any atom is 0.223 e. The van der Waals surface area contributed by atoms with Gasteiger partial charge < -0.3 is 11.1 Å². The highest BCUT2D eigenvalue weighted by atomic mass is 19.1. The Morgan fingerprint density at radius 1 is 1.00 bits per heavy atom. The van der Waals surface area contributed by atoms with Crippen LogP contribution in [-0.2, 0) is 0 Å². The van der Waals surface area contributed by atoms with Gasteiger partial charge in [0, 0.05) is 18.3 Å². The normalized spacial score (nSPS) is 19.1. The lowest BCUT2D eigenvalue weighted by Crippen LogP contribution is -2.33. The molecule has 3 aromatic heterocycles. The SMILES string of the molecule is NC1CCC(Nc2ncc(F)c(-c3cnc4ccc(-c5cc[c]cc5)cn34)n2)CC1. The van der Waals surface area contributed by atoms with Crippen molar-refractivity contribution in [2.75, 3.05) is 5.32 Å². The van der Waals surface area contributed by atoms with Crippen LogP contribution in [0.4, 0.5) is 10.3 Å². The Balaban J connectivity index is 1.50. The number of aromatic nitrogens is 4. The molecule has 30 heavy (non-hydrogen) atoms. The van der Waals surface area contributed by atoms with E-state index in [4.69, 9.17) is 5.73 Å². The molecule has 5 rings (SSSR count). The topological polar surface area (TPSA) is 81.1 Å². The smallest absolute Gasteiger partial charge is 0.223 e. The molecule has 3 heterocycles. The Bertz CT molecular complexity index is 1170. The number of hydrogen-bond acceptors (Lipinski definition) is 5. The van der Waals surface area contributed by atoms with Gasteiger partial charge in [0.1, 0.15) is 11.3 Å². The average molecular weight is 401 g/mol. The zero-order valence-electron chi connectivity index (χ0n) is 16.4. The van der Waals surface area contributed by atoms with E-state index in [9.17, 15) is 4.39 Å². The molecule has 0 spiro atoms. The molecule has 1 radical (unpaired) electrons. The van der Waals surface area contributed by atoms with Gasteiger partial charge in [0.05, 0.1) is 18.1 Å². The first-order valence-electron chi connectivity index (χ1n) is 10.2. The van der Waals surface area contributed by atoms with Crippen molar-refractivity contribution in [2.45, 2.75) is 37.8 Å². The van der Waals surface area contributed by atoms with Gasteiger partial charge in [-0.05, 0) is 55.0 Å². The highest BCUT2D eigenvalue weighted by Gasteiger charge is 2.20. The molecule has 1 fully saturated rings. The zero-order valence-corrected chi connectivity index (χ0v) is 16.4. The van der Waals surface area contributed by atoms with Crippen molar-refractivity contribution in [3.05, 3.63) is 66.9 Å². The zero-order chi connectivity index (χ0) is 20.5. The summed E-state index contributed by atoms with van der Waals surface area (Å²) in [4.78, 5) is 13.1. The van der Waals surface area contributed by atoms with E-state index in [2.05, 4.69) is 26.3 Å². The summed E-state index contributed by atoms with van der Waals surface area (Å²) in [6.45, 7) is 0. The van der Waals surface area contributed by atoms with Crippen LogP contribution in [-0.4, -0.2) is 31.4 Å². The Kier molecular flexibility index (Phi) is 4.88. The Morgan fingerprint density at radius 2 is 1.80 bits per heavy atom. The van der Waals surface area contributed by atoms with Gasteiger partial charge in [0.25, 0.3) is 0 Å². The molecular formula is C23H22FN6. The van der Waals surface area contributed by atoms with Crippen molar-refractivity contribution in [1.29, 1.82) is 0 Å². The van der Waals surface area contributed by atoms with E-state index in [0.717, 1.165) is 42.5 Å². The molecule has 0 saturated heterocycles. The molecule has 1 saturated carbocycles. The van der Waals surface area contributed by atoms with E-state index >= 15 is 0 Å². The lowest BCUT2D eigenvalue weighted by molar-refractivity contribution is 0.409. The summed E-state index contributed by atoms with van der Waals surface area (Å²) in [7, 11) is 0. The van der Waals surface area contributed by atoms with Crippen LogP contribution >= 0.6 is 0 Å². The van der Waals surface area contributed by atoms with Gasteiger partial charge in [-0.2, -0.15) is 0 Å². The fraction of sp³-hybridized carbons (Fsp3) is 0.261. The molecule has 1 aliphatic carbocycles. The second-order valence-corrected chi connectivity index (χ2v) is 7.72. The van der Waals surface area contributed by atoms with Crippen LogP contribution < -0.4 is 11.1 Å². The van der Waals surface area contributed by atoms with Crippen molar-refractivity contribution < 1.29 is 4.39 Å². The van der Waals surface area contributed by atoms with Gasteiger partial charge in [-0.3, -0.25) is 4.40 Å². The molecule has 1 aliphatic rings. The Labute approximate surface area is 174 Å². The number of anilines is 1. The molecule has 7 heteroatoms. The van der Waals surface area contributed by atoms with Crippen LogP contribution in [0.5, 0.6) is 0 Å². The first kappa shape index (κ1) is 18.7. The van der Waals surface area contributed by atoms with Crippen molar-refractivity contribution >= 4 is 11.6 Å². The third-order valence-corrected chi connectivity index (χ3v) is 5.65. The molecule has 3 N–H and O–H groups in total. The largest absolute Gasteiger partial charge is 0.351 e. The second-order valence-electron chi connectivity index (χ2n) is 7.72. The lowest BCUT2D eigenvalue weighted by atomic mass is 9.92. The van der Waals surface area contributed by atoms with Crippen molar-refractivity contribution in [3.63, 3.8) is 0 Å². The number of halogens is 1. The van der Waals surface area contributed by atoms with Crippen LogP contribution in [0.2, 0.25) is 0 Å². The number of hydrogen-bond donors (Lipinski definition) is 2. The van der Waals surface area contributed by atoms with Gasteiger partial charge in [-0.15, -0.1) is 0 Å². The van der Waals surface area contributed by atoms with E-state index in [-0.39, 0.29) is 17.8 Å². The summed E-state index contributed by atoms with van der Waals surface area (Å²) in [6.07, 6.45) is 8.68. The van der Waals surface area contributed by atoms with Crippen molar-refractivity contribution in [3.8, 4) is 22.5 Å². The van der Waals surface area contributed by atoms with Crippen LogP contribution in [0.1, 0.15) is 25.7 Å². The first-order valence-corrected chi connectivity index (χ1v) is 10.2. The van der Waals surface area contributed by atoms with Crippen LogP contribution in [0.25, 0.3) is 28.2 Å². The fourth-order valence-corrected chi connectivity index (χ4v) is 3.97. The van der Waals surface area contributed by atoms with Crippen molar-refractivity contribution in [2.24, 2.45) is 5.73 Å². The maximum absolute atomic E-state index is 14.7. The molecule has 6 nitrogen and oxygen atoms in total. The van der Waals surface area contributed by atoms with E-state index in [1.165, 1.54) is 6.20 Å². The van der Waals surface area contributed by atoms with Crippen LogP contribution in [0, 0.1) is 11.9 Å². The number of nitrogens with one attached hydrogen (secondary N) is 1. The number of nitrogens with two attached hydrogens (primary N) is 1. The monoisotopic (exact) mass is 401 g/mol. The predicted molar refractivity (Wildman–Crippen MR) is 114 cm³/mol. The number of benzene rings is 1. The van der Waals surface area contributed by atoms with E-state index in [0.29, 0.717) is 11.6 Å². The Morgan fingerprint density at radius 3 is 2.60 bits per heavy atom. The molecule has 0 atom stereocenters. The third kappa shape index (κ3) is 3.64. The Hall–Kier alpha value is -3.32. The number of pyridine rings is 1. The first-order chi connectivity index (χ1) is 14.7. The molecule has 151 valence electrons. The predicted octanol–water partition coefficient (Wildman–Crippen LogP) is 4.08. The second kappa shape index (κ2) is 7.84. The maximum atomic E-state index is 14.7. The summed E-state index contributed by atoms with van der Waals surface area (Å²) in [5.41, 5.74) is 9.58. The summed E-state index contributed by atoms with van der Waals surface area (Å²) < 4.78 is 16.6. The lowest BCUT2D eigenvalue weighted by Gasteiger charge is -2.26. The minimum absolute atomic E-state index is 0.228. The number of fused-ring (bicyclic) bond motifs is 1. The quantitative estimate of drug-likeness (QED) is 0.539. The molecule has 0 aliphatic heterocycles. The summed E-state index contributed by atoms with van der Waals surface area (Å²) >= 11 is 0. The molecular weight excluding hydrogens is 379 g/mol. The van der Waals surface area contributed by atoms with E-state index in [1.807, 2.05) is 47.0 Å². The molecule has 0 bridgehead atoms. The fourth-order valence-electron chi connectivity index (χ4n) is 3.97. The summed E-state index contributed by atoms with van der Waals surface area (Å²) in [5.74, 6) is -0.0516. The van der Waals surface area contributed by atoms with E-state index in [1.54, 1.807) is 6.20 Å². The minimum Gasteiger partial charge on any atom is -0.351 e. The number of imidazole rings is 1. The van der Waals surface area contributed by atoms with E-state index < -0.39 is 5.82 Å². The number of rotatable bonds is 4. The molecule has 0 amide bonds. The van der Waals surface area contributed by atoms with Crippen LogP contribution in [0.15, 0.2) is 55.0 Å². The summed E-state index contributed by atoms with van der Waals surface area (Å²) in [6, 6.07) is 15.2. The number of nitrogens with zero attached hydrogens (tertiary/aromatic N) is 4. The third-order valence-electron chi connectivity index (χ3n) is 5.65. The molecule has 1 aromatic carbocycles. The minimum atomic E-state index is -0.479. The average Bonchev–Trinajstić information content (AvgIpc) is 3.20. The van der Waals surface area contributed by atoms with Gasteiger partial charge in [0.2, 0.25) is 5.95 Å². The van der Waals surface area contributed by atoms with Crippen LogP contribution in [0.3, 0.4) is 0 Å². The standard InChI is InChI=1S/C23H22FN6/c24-19-12-27-23(28-18-9-7-17(25)8-10-18)29-22(19)20-13-26-21-11-6-16(14-30(20)21)15-4-2-1-3-5-15/h2-6,11-14,17-18H,7-10,25H2,(H,27,28,29).